The van der Waals surface area contributed by atoms with Gasteiger partial charge in [-0.3, -0.25) is 19.0 Å². The van der Waals surface area contributed by atoms with Crippen LogP contribution in [0.3, 0.4) is 0 Å². The highest BCUT2D eigenvalue weighted by atomic mass is 16.5. The first-order chi connectivity index (χ1) is 16.6. The fourth-order valence-electron chi connectivity index (χ4n) is 4.50. The number of esters is 1. The van der Waals surface area contributed by atoms with Crippen LogP contribution in [-0.4, -0.2) is 33.4 Å². The van der Waals surface area contributed by atoms with Gasteiger partial charge in [-0.05, 0) is 36.2 Å². The molecule has 0 bridgehead atoms. The van der Waals surface area contributed by atoms with Crippen molar-refractivity contribution in [3.8, 4) is 5.69 Å². The minimum absolute atomic E-state index is 0.0821. The molecule has 0 saturated carbocycles. The minimum atomic E-state index is -0.614. The summed E-state index contributed by atoms with van der Waals surface area (Å²) in [6.45, 7) is 0.308. The molecule has 7 nitrogen and oxygen atoms in total. The molecule has 170 valence electrons. The summed E-state index contributed by atoms with van der Waals surface area (Å²) in [4.78, 5) is 46.3. The zero-order valence-corrected chi connectivity index (χ0v) is 18.7. The lowest BCUT2D eigenvalue weighted by atomic mass is 10.1. The number of nitrogens with zero attached hydrogens (tertiary/aromatic N) is 3. The molecule has 0 fully saturated rings. The standard InChI is InChI=1S/C27H23N3O4/c1-34-24(31)16-15-23-25-28-21-13-7-5-11-19(21)27(33)30(25)22-14-8-6-12-20(22)26(32)29(23)17-18-9-3-2-4-10-18/h2-14,23H,15-17H2,1H3/t23-/m1/s1. The first-order valence-electron chi connectivity index (χ1n) is 11.1. The number of carbonyl (C=O) groups excluding carboxylic acids is 2. The number of ether oxygens (including phenoxy) is 1. The Morgan fingerprint density at radius 2 is 1.65 bits per heavy atom. The van der Waals surface area contributed by atoms with Crippen LogP contribution in [0.2, 0.25) is 0 Å². The quantitative estimate of drug-likeness (QED) is 0.426. The molecular formula is C27H23N3O4. The van der Waals surface area contributed by atoms with Gasteiger partial charge in [0.25, 0.3) is 11.5 Å². The molecule has 2 heterocycles. The van der Waals surface area contributed by atoms with Crippen LogP contribution < -0.4 is 5.56 Å². The van der Waals surface area contributed by atoms with Gasteiger partial charge in [0.05, 0.1) is 35.3 Å². The van der Waals surface area contributed by atoms with Crippen LogP contribution in [0.1, 0.15) is 40.6 Å². The highest BCUT2D eigenvalue weighted by Crippen LogP contribution is 2.34. The van der Waals surface area contributed by atoms with Crippen molar-refractivity contribution in [3.05, 3.63) is 106 Å². The number of para-hydroxylation sites is 2. The van der Waals surface area contributed by atoms with Gasteiger partial charge in [0.15, 0.2) is 0 Å². The molecule has 34 heavy (non-hydrogen) atoms. The number of amides is 1. The van der Waals surface area contributed by atoms with Crippen molar-refractivity contribution in [2.45, 2.75) is 25.4 Å². The maximum atomic E-state index is 13.9. The van der Waals surface area contributed by atoms with Gasteiger partial charge in [0, 0.05) is 13.0 Å². The van der Waals surface area contributed by atoms with E-state index in [9.17, 15) is 14.4 Å². The summed E-state index contributed by atoms with van der Waals surface area (Å²) in [5.74, 6) is -0.173. The van der Waals surface area contributed by atoms with E-state index < -0.39 is 6.04 Å². The molecule has 0 N–H and O–H groups in total. The van der Waals surface area contributed by atoms with Crippen LogP contribution in [0, 0.1) is 0 Å². The molecule has 3 aromatic carbocycles. The van der Waals surface area contributed by atoms with Gasteiger partial charge < -0.3 is 9.64 Å². The van der Waals surface area contributed by atoms with E-state index in [4.69, 9.17) is 9.72 Å². The Bertz CT molecular complexity index is 1450. The first kappa shape index (κ1) is 21.6. The fraction of sp³-hybridized carbons (Fsp3) is 0.185. The van der Waals surface area contributed by atoms with Gasteiger partial charge in [0.2, 0.25) is 0 Å². The number of benzene rings is 3. The number of hydrogen-bond acceptors (Lipinski definition) is 5. The fourth-order valence-corrected chi connectivity index (χ4v) is 4.50. The molecule has 0 saturated heterocycles. The van der Waals surface area contributed by atoms with Gasteiger partial charge in [0.1, 0.15) is 5.82 Å². The molecule has 7 heteroatoms. The Labute approximate surface area is 196 Å². The van der Waals surface area contributed by atoms with E-state index in [2.05, 4.69) is 0 Å². The molecule has 0 aliphatic carbocycles. The van der Waals surface area contributed by atoms with E-state index >= 15 is 0 Å². The lowest BCUT2D eigenvalue weighted by Gasteiger charge is -2.30. The van der Waals surface area contributed by atoms with Crippen molar-refractivity contribution in [1.29, 1.82) is 0 Å². The Morgan fingerprint density at radius 1 is 0.941 bits per heavy atom. The molecule has 0 spiro atoms. The van der Waals surface area contributed by atoms with Crippen LogP contribution in [-0.2, 0) is 16.1 Å². The summed E-state index contributed by atoms with van der Waals surface area (Å²) in [6, 6.07) is 23.2. The third kappa shape index (κ3) is 3.75. The van der Waals surface area contributed by atoms with E-state index in [1.165, 1.54) is 11.7 Å². The number of fused-ring (bicyclic) bond motifs is 4. The highest BCUT2D eigenvalue weighted by molar-refractivity contribution is 5.99. The second-order valence-corrected chi connectivity index (χ2v) is 8.19. The Balaban J connectivity index is 1.78. The summed E-state index contributed by atoms with van der Waals surface area (Å²) < 4.78 is 6.40. The largest absolute Gasteiger partial charge is 0.469 e. The van der Waals surface area contributed by atoms with Crippen LogP contribution in [0.15, 0.2) is 83.7 Å². The predicted octanol–water partition coefficient (Wildman–Crippen LogP) is 4.04. The Kier molecular flexibility index (Phi) is 5.67. The summed E-state index contributed by atoms with van der Waals surface area (Å²) in [5.41, 5.74) is 2.15. The second-order valence-electron chi connectivity index (χ2n) is 8.19. The average Bonchev–Trinajstić information content (AvgIpc) is 2.97. The smallest absolute Gasteiger partial charge is 0.305 e. The SMILES string of the molecule is COC(=O)CC[C@@H]1c2nc3ccccc3c(=O)n2-c2ccccc2C(=O)N1Cc1ccccc1. The van der Waals surface area contributed by atoms with E-state index in [1.807, 2.05) is 36.4 Å². The molecule has 1 aromatic heterocycles. The van der Waals surface area contributed by atoms with E-state index in [-0.39, 0.29) is 30.3 Å². The summed E-state index contributed by atoms with van der Waals surface area (Å²) >= 11 is 0. The average molecular weight is 453 g/mol. The van der Waals surface area contributed by atoms with E-state index in [0.717, 1.165) is 5.56 Å². The Hall–Kier alpha value is -4.26. The number of aromatic nitrogens is 2. The molecule has 0 radical (unpaired) electrons. The molecule has 1 aliphatic heterocycles. The number of carbonyl (C=O) groups is 2. The molecule has 5 rings (SSSR count). The van der Waals surface area contributed by atoms with Crippen molar-refractivity contribution in [1.82, 2.24) is 14.5 Å². The van der Waals surface area contributed by atoms with Crippen LogP contribution in [0.4, 0.5) is 0 Å². The van der Waals surface area contributed by atoms with E-state index in [1.54, 1.807) is 47.4 Å². The molecule has 4 aromatic rings. The lowest BCUT2D eigenvalue weighted by Crippen LogP contribution is -2.35. The van der Waals surface area contributed by atoms with Crippen molar-refractivity contribution >= 4 is 22.8 Å². The first-order valence-corrected chi connectivity index (χ1v) is 11.1. The number of rotatable bonds is 5. The maximum absolute atomic E-state index is 13.9. The molecule has 0 unspecified atom stereocenters. The number of methoxy groups -OCH3 is 1. The molecular weight excluding hydrogens is 430 g/mol. The van der Waals surface area contributed by atoms with Gasteiger partial charge in [-0.25, -0.2) is 4.98 Å². The van der Waals surface area contributed by atoms with Gasteiger partial charge in [-0.1, -0.05) is 54.6 Å². The number of hydrogen-bond donors (Lipinski definition) is 0. The van der Waals surface area contributed by atoms with Crippen molar-refractivity contribution < 1.29 is 14.3 Å². The monoisotopic (exact) mass is 453 g/mol. The predicted molar refractivity (Wildman–Crippen MR) is 128 cm³/mol. The molecule has 1 aliphatic rings. The van der Waals surface area contributed by atoms with E-state index in [0.29, 0.717) is 34.5 Å². The van der Waals surface area contributed by atoms with Crippen molar-refractivity contribution in [2.75, 3.05) is 7.11 Å². The third-order valence-corrected chi connectivity index (χ3v) is 6.16. The maximum Gasteiger partial charge on any atom is 0.305 e. The van der Waals surface area contributed by atoms with Crippen LogP contribution in [0.25, 0.3) is 16.6 Å². The zero-order valence-electron chi connectivity index (χ0n) is 18.7. The van der Waals surface area contributed by atoms with Gasteiger partial charge >= 0.3 is 5.97 Å². The lowest BCUT2D eigenvalue weighted by molar-refractivity contribution is -0.141. The van der Waals surface area contributed by atoms with Gasteiger partial charge in [-0.2, -0.15) is 0 Å². The van der Waals surface area contributed by atoms with Crippen molar-refractivity contribution in [3.63, 3.8) is 0 Å². The normalized spacial score (nSPS) is 14.9. The third-order valence-electron chi connectivity index (χ3n) is 6.16. The molecule has 1 atom stereocenters. The molecule has 1 amide bonds. The summed E-state index contributed by atoms with van der Waals surface area (Å²) in [7, 11) is 1.34. The summed E-state index contributed by atoms with van der Waals surface area (Å²) in [5, 5.41) is 0.469. The highest BCUT2D eigenvalue weighted by Gasteiger charge is 2.36. The summed E-state index contributed by atoms with van der Waals surface area (Å²) in [6.07, 6.45) is 0.350. The second kappa shape index (κ2) is 8.94. The Morgan fingerprint density at radius 3 is 2.44 bits per heavy atom. The van der Waals surface area contributed by atoms with Crippen molar-refractivity contribution in [2.24, 2.45) is 0 Å². The minimum Gasteiger partial charge on any atom is -0.469 e. The van der Waals surface area contributed by atoms with Crippen LogP contribution >= 0.6 is 0 Å². The van der Waals surface area contributed by atoms with Gasteiger partial charge in [-0.15, -0.1) is 0 Å². The van der Waals surface area contributed by atoms with Crippen LogP contribution in [0.5, 0.6) is 0 Å². The topological polar surface area (TPSA) is 81.5 Å². The zero-order chi connectivity index (χ0) is 23.7.